The van der Waals surface area contributed by atoms with Crippen LogP contribution < -0.4 is 10.1 Å². The van der Waals surface area contributed by atoms with Crippen molar-refractivity contribution in [3.63, 3.8) is 0 Å². The van der Waals surface area contributed by atoms with Crippen LogP contribution in [0, 0.1) is 0 Å². The summed E-state index contributed by atoms with van der Waals surface area (Å²) in [5.74, 6) is 1.67. The molecule has 1 aliphatic rings. The van der Waals surface area contributed by atoms with Gasteiger partial charge in [0.2, 0.25) is 0 Å². The van der Waals surface area contributed by atoms with E-state index in [2.05, 4.69) is 15.3 Å². The lowest BCUT2D eigenvalue weighted by Crippen LogP contribution is -2.21. The number of fused-ring (bicyclic) bond motifs is 1. The van der Waals surface area contributed by atoms with Crippen LogP contribution in [0.3, 0.4) is 0 Å². The Morgan fingerprint density at radius 3 is 2.52 bits per heavy atom. The largest absolute Gasteiger partial charge is 0.467 e. The van der Waals surface area contributed by atoms with Crippen LogP contribution in [-0.4, -0.2) is 22.8 Å². The standard InChI is InChI=1S/C24H29N3O2/c1-2-7-11-20(12-8-3-1)27-24-22-14-13-21(15-23(22)25-17-26-24)29-18-28-16-19-9-5-4-6-10-19/h4-6,9-10,13-15,17,20H,1-3,7-8,11-12,16,18H2,(H,25,26,27). The molecule has 4 rings (SSSR count). The average molecular weight is 392 g/mol. The Balaban J connectivity index is 1.36. The molecule has 2 aromatic carbocycles. The second-order valence-electron chi connectivity index (χ2n) is 7.68. The van der Waals surface area contributed by atoms with Crippen molar-refractivity contribution in [1.82, 2.24) is 9.97 Å². The van der Waals surface area contributed by atoms with Gasteiger partial charge >= 0.3 is 0 Å². The highest BCUT2D eigenvalue weighted by Gasteiger charge is 2.13. The summed E-state index contributed by atoms with van der Waals surface area (Å²) in [6.07, 6.45) is 10.7. The number of benzene rings is 2. The van der Waals surface area contributed by atoms with Gasteiger partial charge in [0.05, 0.1) is 12.1 Å². The smallest absolute Gasteiger partial charge is 0.189 e. The minimum atomic E-state index is 0.207. The van der Waals surface area contributed by atoms with Crippen molar-refractivity contribution < 1.29 is 9.47 Å². The molecule has 0 spiro atoms. The van der Waals surface area contributed by atoms with Gasteiger partial charge in [-0.1, -0.05) is 62.4 Å². The van der Waals surface area contributed by atoms with Crippen LogP contribution in [0.4, 0.5) is 5.82 Å². The molecule has 5 nitrogen and oxygen atoms in total. The molecule has 152 valence electrons. The first-order chi connectivity index (χ1) is 14.4. The van der Waals surface area contributed by atoms with E-state index in [0.29, 0.717) is 12.6 Å². The molecule has 0 atom stereocenters. The molecule has 29 heavy (non-hydrogen) atoms. The van der Waals surface area contributed by atoms with Gasteiger partial charge < -0.3 is 14.8 Å². The van der Waals surface area contributed by atoms with E-state index in [4.69, 9.17) is 9.47 Å². The molecule has 1 aliphatic carbocycles. The lowest BCUT2D eigenvalue weighted by molar-refractivity contribution is 0.00512. The van der Waals surface area contributed by atoms with Gasteiger partial charge in [0, 0.05) is 17.5 Å². The zero-order valence-corrected chi connectivity index (χ0v) is 16.8. The maximum Gasteiger partial charge on any atom is 0.189 e. The summed E-state index contributed by atoms with van der Waals surface area (Å²) in [7, 11) is 0. The number of rotatable bonds is 7. The van der Waals surface area contributed by atoms with Crippen LogP contribution in [0.25, 0.3) is 10.9 Å². The van der Waals surface area contributed by atoms with Crippen LogP contribution >= 0.6 is 0 Å². The van der Waals surface area contributed by atoms with Gasteiger partial charge in [0.1, 0.15) is 17.9 Å². The second kappa shape index (κ2) is 10.2. The molecule has 0 unspecified atom stereocenters. The Bertz CT molecular complexity index is 893. The van der Waals surface area contributed by atoms with Gasteiger partial charge in [0.15, 0.2) is 6.79 Å². The quantitative estimate of drug-likeness (QED) is 0.413. The summed E-state index contributed by atoms with van der Waals surface area (Å²) >= 11 is 0. The second-order valence-corrected chi connectivity index (χ2v) is 7.68. The van der Waals surface area contributed by atoms with E-state index in [1.165, 1.54) is 44.9 Å². The first-order valence-electron chi connectivity index (χ1n) is 10.6. The van der Waals surface area contributed by atoms with Crippen molar-refractivity contribution in [2.24, 2.45) is 0 Å². The maximum atomic E-state index is 5.75. The van der Waals surface area contributed by atoms with E-state index in [9.17, 15) is 0 Å². The molecule has 1 heterocycles. The van der Waals surface area contributed by atoms with Crippen molar-refractivity contribution in [3.8, 4) is 5.75 Å². The monoisotopic (exact) mass is 391 g/mol. The fraction of sp³-hybridized carbons (Fsp3) is 0.417. The lowest BCUT2D eigenvalue weighted by Gasteiger charge is -2.22. The molecule has 0 aliphatic heterocycles. The number of hydrogen-bond donors (Lipinski definition) is 1. The van der Waals surface area contributed by atoms with Gasteiger partial charge in [-0.05, 0) is 30.5 Å². The highest BCUT2D eigenvalue weighted by molar-refractivity contribution is 5.89. The molecule has 0 amide bonds. The number of anilines is 1. The molecular formula is C24H29N3O2. The number of hydrogen-bond acceptors (Lipinski definition) is 5. The molecule has 5 heteroatoms. The van der Waals surface area contributed by atoms with Crippen LogP contribution in [0.15, 0.2) is 54.9 Å². The molecule has 0 radical (unpaired) electrons. The normalized spacial score (nSPS) is 15.6. The summed E-state index contributed by atoms with van der Waals surface area (Å²) in [6.45, 7) is 0.741. The predicted molar refractivity (Wildman–Crippen MR) is 116 cm³/mol. The van der Waals surface area contributed by atoms with Crippen LogP contribution in [0.2, 0.25) is 0 Å². The third kappa shape index (κ3) is 5.67. The maximum absolute atomic E-state index is 5.75. The fourth-order valence-electron chi connectivity index (χ4n) is 3.88. The van der Waals surface area contributed by atoms with Crippen LogP contribution in [-0.2, 0) is 11.3 Å². The Labute approximate surface area is 172 Å². The highest BCUT2D eigenvalue weighted by atomic mass is 16.7. The number of nitrogens with zero attached hydrogens (tertiary/aromatic N) is 2. The van der Waals surface area contributed by atoms with Gasteiger partial charge in [-0.3, -0.25) is 0 Å². The van der Waals surface area contributed by atoms with Crippen molar-refractivity contribution in [2.45, 2.75) is 57.6 Å². The molecule has 1 N–H and O–H groups in total. The predicted octanol–water partition coefficient (Wildman–Crippen LogP) is 5.71. The third-order valence-corrected chi connectivity index (χ3v) is 5.47. The summed E-state index contributed by atoms with van der Waals surface area (Å²) in [6, 6.07) is 16.5. The lowest BCUT2D eigenvalue weighted by atomic mass is 9.96. The van der Waals surface area contributed by atoms with Gasteiger partial charge in [-0.2, -0.15) is 0 Å². The molecular weight excluding hydrogens is 362 g/mol. The minimum absolute atomic E-state index is 0.207. The summed E-state index contributed by atoms with van der Waals surface area (Å²) in [5, 5.41) is 4.70. The van der Waals surface area contributed by atoms with E-state index < -0.39 is 0 Å². The van der Waals surface area contributed by atoms with Crippen LogP contribution in [0.1, 0.15) is 50.5 Å². The molecule has 1 fully saturated rings. The number of nitrogens with one attached hydrogen (secondary N) is 1. The molecule has 1 saturated carbocycles. The van der Waals surface area contributed by atoms with E-state index in [0.717, 1.165) is 28.0 Å². The van der Waals surface area contributed by atoms with Crippen molar-refractivity contribution in [3.05, 3.63) is 60.4 Å². The Morgan fingerprint density at radius 1 is 0.897 bits per heavy atom. The number of ether oxygens (including phenoxy) is 2. The molecule has 1 aromatic heterocycles. The number of aromatic nitrogens is 2. The SMILES string of the molecule is c1ccc(COCOc2ccc3c(NC4CCCCCCC4)ncnc3c2)cc1. The van der Waals surface area contributed by atoms with E-state index >= 15 is 0 Å². The zero-order chi connectivity index (χ0) is 19.7. The van der Waals surface area contributed by atoms with Crippen LogP contribution in [0.5, 0.6) is 5.75 Å². The Kier molecular flexibility index (Phi) is 6.92. The summed E-state index contributed by atoms with van der Waals surface area (Å²) in [5.41, 5.74) is 2.01. The van der Waals surface area contributed by atoms with Crippen molar-refractivity contribution in [2.75, 3.05) is 12.1 Å². The molecule has 0 bridgehead atoms. The van der Waals surface area contributed by atoms with E-state index in [-0.39, 0.29) is 6.79 Å². The van der Waals surface area contributed by atoms with Crippen molar-refractivity contribution >= 4 is 16.7 Å². The Hall–Kier alpha value is -2.66. The highest BCUT2D eigenvalue weighted by Crippen LogP contribution is 2.26. The summed E-state index contributed by atoms with van der Waals surface area (Å²) in [4.78, 5) is 8.94. The molecule has 3 aromatic rings. The first-order valence-corrected chi connectivity index (χ1v) is 10.6. The van der Waals surface area contributed by atoms with Crippen molar-refractivity contribution in [1.29, 1.82) is 0 Å². The summed E-state index contributed by atoms with van der Waals surface area (Å²) < 4.78 is 11.4. The zero-order valence-electron chi connectivity index (χ0n) is 16.8. The van der Waals surface area contributed by atoms with Gasteiger partial charge in [0.25, 0.3) is 0 Å². The topological polar surface area (TPSA) is 56.3 Å². The molecule has 0 saturated heterocycles. The van der Waals surface area contributed by atoms with E-state index in [1.807, 2.05) is 48.5 Å². The average Bonchev–Trinajstić information content (AvgIpc) is 2.74. The van der Waals surface area contributed by atoms with E-state index in [1.54, 1.807) is 6.33 Å². The first kappa shape index (κ1) is 19.6. The van der Waals surface area contributed by atoms with Gasteiger partial charge in [-0.25, -0.2) is 9.97 Å². The van der Waals surface area contributed by atoms with Gasteiger partial charge in [-0.15, -0.1) is 0 Å². The third-order valence-electron chi connectivity index (χ3n) is 5.47. The minimum Gasteiger partial charge on any atom is -0.467 e. The fourth-order valence-corrected chi connectivity index (χ4v) is 3.88. The Morgan fingerprint density at radius 2 is 1.69 bits per heavy atom.